The van der Waals surface area contributed by atoms with Crippen LogP contribution < -0.4 is 10.6 Å². The highest BCUT2D eigenvalue weighted by atomic mass is 32.1. The minimum atomic E-state index is -0.729. The van der Waals surface area contributed by atoms with Crippen molar-refractivity contribution >= 4 is 23.2 Å². The average molecular weight is 318 g/mol. The number of thiophene rings is 1. The van der Waals surface area contributed by atoms with Crippen molar-refractivity contribution in [2.75, 3.05) is 20.3 Å². The number of hydrogen-bond acceptors (Lipinski definition) is 4. The number of benzene rings is 1. The van der Waals surface area contributed by atoms with Crippen LogP contribution in [0.1, 0.15) is 21.3 Å². The number of carbonyl (C=O) groups excluding carboxylic acids is 2. The molecule has 5 nitrogen and oxygen atoms in total. The van der Waals surface area contributed by atoms with E-state index in [0.717, 1.165) is 5.56 Å². The summed E-state index contributed by atoms with van der Waals surface area (Å²) < 4.78 is 4.92. The Balaban J connectivity index is 2.11. The second-order valence-corrected chi connectivity index (χ2v) is 5.53. The Kier molecular flexibility index (Phi) is 6.12. The van der Waals surface area contributed by atoms with E-state index in [4.69, 9.17) is 4.74 Å². The molecule has 2 N–H and O–H groups in total. The second-order valence-electron chi connectivity index (χ2n) is 4.58. The van der Waals surface area contributed by atoms with Gasteiger partial charge in [-0.15, -0.1) is 11.3 Å². The van der Waals surface area contributed by atoms with Gasteiger partial charge in [-0.1, -0.05) is 36.4 Å². The van der Waals surface area contributed by atoms with Crippen LogP contribution in [-0.2, 0) is 9.53 Å². The first-order chi connectivity index (χ1) is 10.7. The molecule has 2 amide bonds. The van der Waals surface area contributed by atoms with Gasteiger partial charge in [-0.25, -0.2) is 0 Å². The number of methoxy groups -OCH3 is 1. The molecule has 22 heavy (non-hydrogen) atoms. The van der Waals surface area contributed by atoms with Gasteiger partial charge in [-0.2, -0.15) is 0 Å². The highest BCUT2D eigenvalue weighted by molar-refractivity contribution is 7.12. The van der Waals surface area contributed by atoms with Crippen LogP contribution in [0, 0.1) is 0 Å². The first kappa shape index (κ1) is 16.2. The van der Waals surface area contributed by atoms with Crippen LogP contribution in [0.4, 0.5) is 0 Å². The maximum Gasteiger partial charge on any atom is 0.262 e. The molecule has 1 heterocycles. The van der Waals surface area contributed by atoms with E-state index in [1.165, 1.54) is 11.3 Å². The lowest BCUT2D eigenvalue weighted by molar-refractivity contribution is -0.123. The molecule has 0 spiro atoms. The number of amides is 2. The fraction of sp³-hybridized carbons (Fsp3) is 0.250. The van der Waals surface area contributed by atoms with E-state index in [2.05, 4.69) is 10.6 Å². The Hall–Kier alpha value is -2.18. The van der Waals surface area contributed by atoms with Crippen molar-refractivity contribution in [3.8, 4) is 0 Å². The van der Waals surface area contributed by atoms with Gasteiger partial charge in [-0.05, 0) is 17.0 Å². The van der Waals surface area contributed by atoms with E-state index in [9.17, 15) is 9.59 Å². The standard InChI is InChI=1S/C16H18N2O3S/c1-21-10-9-17-16(20)14(12-6-3-2-4-7-12)18-15(19)13-8-5-11-22-13/h2-8,11,14H,9-10H2,1H3,(H,17,20)(H,18,19). The Bertz CT molecular complexity index is 599. The SMILES string of the molecule is COCCNC(=O)C(NC(=O)c1cccs1)c1ccccc1. The summed E-state index contributed by atoms with van der Waals surface area (Å²) in [7, 11) is 1.57. The van der Waals surface area contributed by atoms with E-state index < -0.39 is 6.04 Å². The third kappa shape index (κ3) is 4.41. The van der Waals surface area contributed by atoms with Crippen LogP contribution in [0.5, 0.6) is 0 Å². The molecule has 0 aliphatic rings. The Labute approximate surface area is 133 Å². The minimum Gasteiger partial charge on any atom is -0.383 e. The van der Waals surface area contributed by atoms with Gasteiger partial charge in [0.1, 0.15) is 6.04 Å². The average Bonchev–Trinajstić information content (AvgIpc) is 3.08. The predicted octanol–water partition coefficient (Wildman–Crippen LogP) is 1.98. The van der Waals surface area contributed by atoms with Crippen LogP contribution in [0.3, 0.4) is 0 Å². The molecule has 0 aliphatic heterocycles. The number of carbonyl (C=O) groups is 2. The van der Waals surface area contributed by atoms with Crippen LogP contribution in [0.2, 0.25) is 0 Å². The molecule has 0 saturated carbocycles. The molecule has 116 valence electrons. The Morgan fingerprint density at radius 1 is 1.18 bits per heavy atom. The third-order valence-electron chi connectivity index (χ3n) is 3.02. The summed E-state index contributed by atoms with van der Waals surface area (Å²) in [6.45, 7) is 0.819. The van der Waals surface area contributed by atoms with Gasteiger partial charge in [0, 0.05) is 13.7 Å². The van der Waals surface area contributed by atoms with Crippen LogP contribution in [0.15, 0.2) is 47.8 Å². The van der Waals surface area contributed by atoms with Crippen LogP contribution in [-0.4, -0.2) is 32.1 Å². The number of rotatable bonds is 7. The number of hydrogen-bond donors (Lipinski definition) is 2. The maximum atomic E-state index is 12.3. The molecule has 1 atom stereocenters. The number of ether oxygens (including phenoxy) is 1. The summed E-state index contributed by atoms with van der Waals surface area (Å²) in [4.78, 5) is 25.1. The summed E-state index contributed by atoms with van der Waals surface area (Å²) in [5.74, 6) is -0.515. The molecule has 0 saturated heterocycles. The summed E-state index contributed by atoms with van der Waals surface area (Å²) >= 11 is 1.34. The lowest BCUT2D eigenvalue weighted by Crippen LogP contribution is -2.41. The van der Waals surface area contributed by atoms with Crippen molar-refractivity contribution in [3.05, 3.63) is 58.3 Å². The molecule has 1 aromatic carbocycles. The van der Waals surface area contributed by atoms with E-state index in [-0.39, 0.29) is 11.8 Å². The van der Waals surface area contributed by atoms with Crippen molar-refractivity contribution < 1.29 is 14.3 Å². The predicted molar refractivity (Wildman–Crippen MR) is 85.9 cm³/mol. The van der Waals surface area contributed by atoms with Gasteiger partial charge in [-0.3, -0.25) is 9.59 Å². The van der Waals surface area contributed by atoms with Crippen molar-refractivity contribution in [1.29, 1.82) is 0 Å². The topological polar surface area (TPSA) is 67.4 Å². The Morgan fingerprint density at radius 2 is 1.95 bits per heavy atom. The molecule has 2 rings (SSSR count). The zero-order valence-corrected chi connectivity index (χ0v) is 13.1. The van der Waals surface area contributed by atoms with Crippen LogP contribution in [0.25, 0.3) is 0 Å². The second kappa shape index (κ2) is 8.31. The molecule has 2 aromatic rings. The lowest BCUT2D eigenvalue weighted by Gasteiger charge is -2.18. The normalized spacial score (nSPS) is 11.7. The van der Waals surface area contributed by atoms with E-state index in [1.807, 2.05) is 35.7 Å². The van der Waals surface area contributed by atoms with Crippen molar-refractivity contribution in [1.82, 2.24) is 10.6 Å². The van der Waals surface area contributed by atoms with Gasteiger partial charge < -0.3 is 15.4 Å². The molecule has 0 bridgehead atoms. The third-order valence-corrected chi connectivity index (χ3v) is 3.89. The van der Waals surface area contributed by atoms with Gasteiger partial charge in [0.25, 0.3) is 5.91 Å². The summed E-state index contributed by atoms with van der Waals surface area (Å²) in [5, 5.41) is 7.36. The summed E-state index contributed by atoms with van der Waals surface area (Å²) in [6, 6.07) is 12.0. The monoisotopic (exact) mass is 318 g/mol. The fourth-order valence-electron chi connectivity index (χ4n) is 1.93. The molecule has 6 heteroatoms. The fourth-order valence-corrected chi connectivity index (χ4v) is 2.56. The van der Waals surface area contributed by atoms with Gasteiger partial charge in [0.15, 0.2) is 0 Å². The quantitative estimate of drug-likeness (QED) is 0.767. The largest absolute Gasteiger partial charge is 0.383 e. The zero-order chi connectivity index (χ0) is 15.8. The number of nitrogens with one attached hydrogen (secondary N) is 2. The highest BCUT2D eigenvalue weighted by Gasteiger charge is 2.23. The first-order valence-electron chi connectivity index (χ1n) is 6.88. The van der Waals surface area contributed by atoms with Gasteiger partial charge >= 0.3 is 0 Å². The zero-order valence-electron chi connectivity index (χ0n) is 12.2. The van der Waals surface area contributed by atoms with E-state index in [0.29, 0.717) is 18.0 Å². The molecule has 0 aliphatic carbocycles. The molecule has 1 aromatic heterocycles. The maximum absolute atomic E-state index is 12.3. The minimum absolute atomic E-state index is 0.256. The highest BCUT2D eigenvalue weighted by Crippen LogP contribution is 2.15. The summed E-state index contributed by atoms with van der Waals surface area (Å²) in [5.41, 5.74) is 0.738. The van der Waals surface area contributed by atoms with Gasteiger partial charge in [0.2, 0.25) is 5.91 Å². The van der Waals surface area contributed by atoms with Crippen LogP contribution >= 0.6 is 11.3 Å². The van der Waals surface area contributed by atoms with Crippen molar-refractivity contribution in [2.24, 2.45) is 0 Å². The molecular weight excluding hydrogens is 300 g/mol. The first-order valence-corrected chi connectivity index (χ1v) is 7.76. The summed E-state index contributed by atoms with van der Waals surface area (Å²) in [6.07, 6.45) is 0. The molecule has 0 radical (unpaired) electrons. The van der Waals surface area contributed by atoms with Crippen molar-refractivity contribution in [3.63, 3.8) is 0 Å². The smallest absolute Gasteiger partial charge is 0.262 e. The van der Waals surface area contributed by atoms with E-state index in [1.54, 1.807) is 19.2 Å². The molecular formula is C16H18N2O3S. The lowest BCUT2D eigenvalue weighted by atomic mass is 10.1. The molecule has 1 unspecified atom stereocenters. The molecule has 0 fully saturated rings. The van der Waals surface area contributed by atoms with E-state index >= 15 is 0 Å². The van der Waals surface area contributed by atoms with Crippen molar-refractivity contribution in [2.45, 2.75) is 6.04 Å². The van der Waals surface area contributed by atoms with Gasteiger partial charge in [0.05, 0.1) is 11.5 Å². The Morgan fingerprint density at radius 3 is 2.59 bits per heavy atom.